The van der Waals surface area contributed by atoms with E-state index in [-0.39, 0.29) is 0 Å². The molecule has 0 radical (unpaired) electrons. The summed E-state index contributed by atoms with van der Waals surface area (Å²) >= 11 is 1.84. The van der Waals surface area contributed by atoms with E-state index in [2.05, 4.69) is 13.8 Å². The lowest BCUT2D eigenvalue weighted by Gasteiger charge is -2.10. The highest BCUT2D eigenvalue weighted by Gasteiger charge is 1.97. The Kier molecular flexibility index (Phi) is 19.0. The molecule has 0 aromatic rings. The van der Waals surface area contributed by atoms with Crippen molar-refractivity contribution in [2.45, 2.75) is 26.4 Å². The third kappa shape index (κ3) is 18.4. The zero-order chi connectivity index (χ0) is 15.6. The maximum Gasteiger partial charge on any atom is 0.109 e. The zero-order valence-electron chi connectivity index (χ0n) is 13.2. The normalized spacial score (nSPS) is 12.7. The van der Waals surface area contributed by atoms with E-state index in [0.717, 1.165) is 6.42 Å². The van der Waals surface area contributed by atoms with Gasteiger partial charge in [-0.15, -0.1) is 0 Å². The van der Waals surface area contributed by atoms with Gasteiger partial charge in [0.2, 0.25) is 0 Å². The number of hydrogen-bond acceptors (Lipinski definition) is 6. The fourth-order valence-electron chi connectivity index (χ4n) is 1.28. The average molecular weight is 420 g/mol. The van der Waals surface area contributed by atoms with Crippen molar-refractivity contribution in [3.8, 4) is 0 Å². The summed E-state index contributed by atoms with van der Waals surface area (Å²) < 4.78 is 31.7. The third-order valence-corrected chi connectivity index (χ3v) is 3.07. The van der Waals surface area contributed by atoms with Gasteiger partial charge in [0.05, 0.1) is 72.2 Å². The van der Waals surface area contributed by atoms with Crippen molar-refractivity contribution in [2.24, 2.45) is 0 Å². The molecule has 6 nitrogen and oxygen atoms in total. The van der Waals surface area contributed by atoms with Crippen molar-refractivity contribution in [1.82, 2.24) is 0 Å². The molecule has 0 aliphatic heterocycles. The summed E-state index contributed by atoms with van der Waals surface area (Å²) in [5.74, 6) is 0. The molecular weight excluding hydrogens is 391 g/mol. The molecular formula is C14H29IO6. The summed E-state index contributed by atoms with van der Waals surface area (Å²) in [6, 6.07) is 0. The highest BCUT2D eigenvalue weighted by atomic mass is 127. The monoisotopic (exact) mass is 420 g/mol. The van der Waals surface area contributed by atoms with E-state index in [1.54, 1.807) is 0 Å². The van der Waals surface area contributed by atoms with Gasteiger partial charge in [-0.1, -0.05) is 6.92 Å². The van der Waals surface area contributed by atoms with Gasteiger partial charge in [0.15, 0.2) is 0 Å². The molecule has 0 saturated heterocycles. The quantitative estimate of drug-likeness (QED) is 0.266. The third-order valence-electron chi connectivity index (χ3n) is 2.63. The lowest BCUT2D eigenvalue weighted by molar-refractivity contribution is -0.0208. The van der Waals surface area contributed by atoms with Gasteiger partial charge in [-0.05, 0) is 13.3 Å². The van der Waals surface area contributed by atoms with Crippen LogP contribution < -0.4 is 0 Å². The summed E-state index contributed by atoms with van der Waals surface area (Å²) in [7, 11) is 0. The predicted octanol–water partition coefficient (Wildman–Crippen LogP) is 2.23. The van der Waals surface area contributed by atoms with Crippen molar-refractivity contribution in [2.75, 3.05) is 66.1 Å². The molecule has 1 unspecified atom stereocenters. The molecule has 7 heteroatoms. The Labute approximate surface area is 142 Å². The average Bonchev–Trinajstić information content (AvgIpc) is 2.50. The molecule has 0 spiro atoms. The fourth-order valence-corrected chi connectivity index (χ4v) is 1.46. The standard InChI is InChI=1S/C14H29IO6/c1-3-14(2)20-12-10-18-8-6-16-4-5-17-7-9-19-11-13-21-15/h14H,3-13H2,1-2H3. The molecule has 0 saturated carbocycles. The minimum Gasteiger partial charge on any atom is -0.377 e. The molecule has 0 fully saturated rings. The van der Waals surface area contributed by atoms with Crippen LogP contribution in [-0.4, -0.2) is 72.2 Å². The Hall–Kier alpha value is 0.490. The minimum absolute atomic E-state index is 0.306. The van der Waals surface area contributed by atoms with Gasteiger partial charge >= 0.3 is 0 Å². The summed E-state index contributed by atoms with van der Waals surface area (Å²) in [5, 5.41) is 0. The predicted molar refractivity (Wildman–Crippen MR) is 89.0 cm³/mol. The molecule has 0 aromatic carbocycles. The van der Waals surface area contributed by atoms with E-state index in [9.17, 15) is 0 Å². The molecule has 0 aromatic heterocycles. The van der Waals surface area contributed by atoms with Crippen molar-refractivity contribution in [3.05, 3.63) is 0 Å². The summed E-state index contributed by atoms with van der Waals surface area (Å²) in [4.78, 5) is 0. The molecule has 0 aliphatic carbocycles. The van der Waals surface area contributed by atoms with Gasteiger partial charge in [-0.25, -0.2) is 0 Å². The van der Waals surface area contributed by atoms with E-state index in [4.69, 9.17) is 26.8 Å². The summed E-state index contributed by atoms with van der Waals surface area (Å²) in [6.07, 6.45) is 1.33. The number of halogens is 1. The van der Waals surface area contributed by atoms with Gasteiger partial charge in [0.25, 0.3) is 0 Å². The molecule has 0 heterocycles. The molecule has 0 rings (SSSR count). The first-order valence-corrected chi connectivity index (χ1v) is 8.35. The van der Waals surface area contributed by atoms with E-state index in [0.29, 0.717) is 72.2 Å². The van der Waals surface area contributed by atoms with Crippen molar-refractivity contribution in [1.29, 1.82) is 0 Å². The van der Waals surface area contributed by atoms with Crippen LogP contribution in [0.1, 0.15) is 20.3 Å². The Morgan fingerprint density at radius 3 is 1.43 bits per heavy atom. The van der Waals surface area contributed by atoms with Gasteiger partial charge in [-0.2, -0.15) is 0 Å². The van der Waals surface area contributed by atoms with E-state index in [1.807, 2.05) is 23.0 Å². The zero-order valence-corrected chi connectivity index (χ0v) is 15.3. The summed E-state index contributed by atoms with van der Waals surface area (Å²) in [5.41, 5.74) is 0. The van der Waals surface area contributed by atoms with Gasteiger partial charge in [0, 0.05) is 0 Å². The smallest absolute Gasteiger partial charge is 0.109 e. The second-order valence-electron chi connectivity index (χ2n) is 4.35. The number of ether oxygens (including phenoxy) is 5. The Morgan fingerprint density at radius 2 is 1.05 bits per heavy atom. The molecule has 128 valence electrons. The molecule has 21 heavy (non-hydrogen) atoms. The maximum absolute atomic E-state index is 5.49. The van der Waals surface area contributed by atoms with Crippen LogP contribution in [0, 0.1) is 0 Å². The van der Waals surface area contributed by atoms with Gasteiger partial charge in [0.1, 0.15) is 23.0 Å². The van der Waals surface area contributed by atoms with Crippen LogP contribution in [0.5, 0.6) is 0 Å². The molecule has 0 bridgehead atoms. The van der Waals surface area contributed by atoms with E-state index >= 15 is 0 Å². The number of rotatable bonds is 17. The Bertz CT molecular complexity index is 196. The first-order chi connectivity index (χ1) is 10.3. The SMILES string of the molecule is CCC(C)OCCOCCOCCOCCOCCOI. The number of hydrogen-bond donors (Lipinski definition) is 0. The second-order valence-corrected chi connectivity index (χ2v) is 4.98. The molecule has 0 aliphatic rings. The van der Waals surface area contributed by atoms with Gasteiger partial charge in [-0.3, -0.25) is 0 Å². The molecule has 1 atom stereocenters. The van der Waals surface area contributed by atoms with Crippen LogP contribution in [0.25, 0.3) is 0 Å². The van der Waals surface area contributed by atoms with Crippen LogP contribution in [0.15, 0.2) is 0 Å². The fraction of sp³-hybridized carbons (Fsp3) is 1.00. The van der Waals surface area contributed by atoms with Crippen LogP contribution in [0.2, 0.25) is 0 Å². The van der Waals surface area contributed by atoms with Crippen LogP contribution in [0.4, 0.5) is 0 Å². The lowest BCUT2D eigenvalue weighted by Crippen LogP contribution is -2.15. The largest absolute Gasteiger partial charge is 0.377 e. The van der Waals surface area contributed by atoms with Gasteiger partial charge < -0.3 is 26.8 Å². The van der Waals surface area contributed by atoms with Crippen molar-refractivity contribution in [3.63, 3.8) is 0 Å². The van der Waals surface area contributed by atoms with Crippen LogP contribution >= 0.6 is 23.0 Å². The lowest BCUT2D eigenvalue weighted by atomic mass is 10.3. The van der Waals surface area contributed by atoms with Crippen LogP contribution in [-0.2, 0) is 26.8 Å². The Morgan fingerprint density at radius 1 is 0.667 bits per heavy atom. The second kappa shape index (κ2) is 18.5. The van der Waals surface area contributed by atoms with E-state index < -0.39 is 0 Å². The molecule has 0 amide bonds. The van der Waals surface area contributed by atoms with Crippen molar-refractivity contribution >= 4 is 23.0 Å². The minimum atomic E-state index is 0.306. The van der Waals surface area contributed by atoms with Crippen LogP contribution in [0.3, 0.4) is 0 Å². The van der Waals surface area contributed by atoms with Crippen molar-refractivity contribution < 1.29 is 26.8 Å². The maximum atomic E-state index is 5.49. The first-order valence-electron chi connectivity index (χ1n) is 7.47. The highest BCUT2D eigenvalue weighted by Crippen LogP contribution is 1.94. The topological polar surface area (TPSA) is 55.4 Å². The first kappa shape index (κ1) is 21.5. The Balaban J connectivity index is 2.96. The highest BCUT2D eigenvalue weighted by molar-refractivity contribution is 14.1. The summed E-state index contributed by atoms with van der Waals surface area (Å²) in [6.45, 7) is 10.1. The molecule has 0 N–H and O–H groups in total. The van der Waals surface area contributed by atoms with E-state index in [1.165, 1.54) is 0 Å².